The number of hydrogen-bond acceptors (Lipinski definition) is 4. The molecule has 1 saturated heterocycles. The summed E-state index contributed by atoms with van der Waals surface area (Å²) in [6.45, 7) is 2.85. The van der Waals surface area contributed by atoms with E-state index in [4.69, 9.17) is 9.47 Å². The molecular formula is C16H18N2O4. The van der Waals surface area contributed by atoms with Crippen LogP contribution in [-0.2, 0) is 22.6 Å². The average molecular weight is 302 g/mol. The van der Waals surface area contributed by atoms with Crippen molar-refractivity contribution in [3.8, 4) is 11.5 Å². The van der Waals surface area contributed by atoms with E-state index in [-0.39, 0.29) is 30.7 Å². The minimum atomic E-state index is -0.370. The van der Waals surface area contributed by atoms with E-state index >= 15 is 0 Å². The minimum absolute atomic E-state index is 0.0154. The first-order valence-corrected chi connectivity index (χ1v) is 7.63. The van der Waals surface area contributed by atoms with Crippen molar-refractivity contribution in [2.24, 2.45) is 0 Å². The number of nitrogens with one attached hydrogen (secondary N) is 1. The van der Waals surface area contributed by atoms with Crippen molar-refractivity contribution in [2.75, 3.05) is 6.79 Å². The molecule has 2 amide bonds. The fourth-order valence-corrected chi connectivity index (χ4v) is 3.43. The van der Waals surface area contributed by atoms with Crippen LogP contribution in [0.4, 0.5) is 0 Å². The van der Waals surface area contributed by atoms with Gasteiger partial charge in [0.1, 0.15) is 6.04 Å². The number of nitrogens with zero attached hydrogens (tertiary/aromatic N) is 1. The lowest BCUT2D eigenvalue weighted by atomic mass is 9.93. The monoisotopic (exact) mass is 302 g/mol. The highest BCUT2D eigenvalue weighted by Gasteiger charge is 2.35. The number of fused-ring (bicyclic) bond motifs is 2. The van der Waals surface area contributed by atoms with Crippen LogP contribution in [0.5, 0.6) is 11.5 Å². The summed E-state index contributed by atoms with van der Waals surface area (Å²) in [4.78, 5) is 25.9. The van der Waals surface area contributed by atoms with Gasteiger partial charge in [0.05, 0.1) is 0 Å². The summed E-state index contributed by atoms with van der Waals surface area (Å²) in [6.07, 6.45) is 1.82. The van der Waals surface area contributed by atoms with E-state index in [1.807, 2.05) is 24.0 Å². The summed E-state index contributed by atoms with van der Waals surface area (Å²) in [7, 11) is 0. The Morgan fingerprint density at radius 2 is 2.00 bits per heavy atom. The van der Waals surface area contributed by atoms with Crippen LogP contribution in [-0.4, -0.2) is 35.6 Å². The third-order valence-electron chi connectivity index (χ3n) is 4.66. The number of benzene rings is 1. The van der Waals surface area contributed by atoms with Crippen LogP contribution < -0.4 is 14.8 Å². The molecule has 6 heteroatoms. The number of ether oxygens (including phenoxy) is 2. The van der Waals surface area contributed by atoms with Gasteiger partial charge in [-0.1, -0.05) is 0 Å². The van der Waals surface area contributed by atoms with Crippen LogP contribution in [0.2, 0.25) is 0 Å². The van der Waals surface area contributed by atoms with E-state index in [1.165, 1.54) is 5.56 Å². The van der Waals surface area contributed by atoms with E-state index in [0.29, 0.717) is 19.4 Å². The predicted octanol–water partition coefficient (Wildman–Crippen LogP) is 0.967. The van der Waals surface area contributed by atoms with Gasteiger partial charge in [0.15, 0.2) is 11.5 Å². The van der Waals surface area contributed by atoms with Crippen LogP contribution in [0.25, 0.3) is 0 Å². The van der Waals surface area contributed by atoms with Crippen LogP contribution in [0, 0.1) is 0 Å². The molecule has 0 aliphatic carbocycles. The van der Waals surface area contributed by atoms with Gasteiger partial charge < -0.3 is 19.7 Å². The molecular weight excluding hydrogens is 284 g/mol. The zero-order chi connectivity index (χ0) is 15.3. The summed E-state index contributed by atoms with van der Waals surface area (Å²) in [5.41, 5.74) is 2.30. The highest BCUT2D eigenvalue weighted by atomic mass is 16.7. The molecule has 3 heterocycles. The second-order valence-electron chi connectivity index (χ2n) is 6.15. The number of hydrogen-bond donors (Lipinski definition) is 1. The first-order chi connectivity index (χ1) is 10.6. The average Bonchev–Trinajstić information content (AvgIpc) is 3.12. The predicted molar refractivity (Wildman–Crippen MR) is 77.4 cm³/mol. The maximum atomic E-state index is 12.7. The van der Waals surface area contributed by atoms with E-state index in [2.05, 4.69) is 5.32 Å². The molecule has 0 bridgehead atoms. The van der Waals surface area contributed by atoms with Gasteiger partial charge >= 0.3 is 0 Å². The van der Waals surface area contributed by atoms with E-state index in [9.17, 15) is 9.59 Å². The summed E-state index contributed by atoms with van der Waals surface area (Å²) in [6, 6.07) is 3.73. The lowest BCUT2D eigenvalue weighted by Gasteiger charge is -2.36. The molecule has 0 radical (unpaired) electrons. The molecule has 2 atom stereocenters. The van der Waals surface area contributed by atoms with Crippen LogP contribution in [0.3, 0.4) is 0 Å². The molecule has 4 rings (SSSR count). The fraction of sp³-hybridized carbons (Fsp3) is 0.500. The van der Waals surface area contributed by atoms with Crippen molar-refractivity contribution in [3.05, 3.63) is 23.3 Å². The number of amides is 2. The van der Waals surface area contributed by atoms with Crippen LogP contribution in [0.1, 0.15) is 30.9 Å². The van der Waals surface area contributed by atoms with Crippen molar-refractivity contribution in [2.45, 2.75) is 44.8 Å². The fourth-order valence-electron chi connectivity index (χ4n) is 3.43. The molecule has 116 valence electrons. The zero-order valence-electron chi connectivity index (χ0n) is 12.4. The second kappa shape index (κ2) is 4.90. The standard InChI is InChI=1S/C16H18N2O4/c1-9-4-10-5-13-14(22-8-21-13)6-11(10)7-18(9)16(20)12-2-3-15(19)17-12/h5-6,9,12H,2-4,7-8H2,1H3,(H,17,19). The summed E-state index contributed by atoms with van der Waals surface area (Å²) in [5, 5.41) is 2.76. The molecule has 1 aromatic rings. The Hall–Kier alpha value is -2.24. The molecule has 1 N–H and O–H groups in total. The molecule has 3 aliphatic rings. The smallest absolute Gasteiger partial charge is 0.245 e. The molecule has 0 spiro atoms. The minimum Gasteiger partial charge on any atom is -0.454 e. The zero-order valence-corrected chi connectivity index (χ0v) is 12.4. The molecule has 1 fully saturated rings. The van der Waals surface area contributed by atoms with Gasteiger partial charge in [-0.3, -0.25) is 9.59 Å². The molecule has 22 heavy (non-hydrogen) atoms. The van der Waals surface area contributed by atoms with Gasteiger partial charge in [0.25, 0.3) is 0 Å². The summed E-state index contributed by atoms with van der Waals surface area (Å²) >= 11 is 0. The quantitative estimate of drug-likeness (QED) is 0.839. The Kier molecular flexibility index (Phi) is 2.99. The van der Waals surface area contributed by atoms with Crippen molar-refractivity contribution in [1.82, 2.24) is 10.2 Å². The molecule has 2 unspecified atom stereocenters. The highest BCUT2D eigenvalue weighted by Crippen LogP contribution is 2.38. The topological polar surface area (TPSA) is 67.9 Å². The van der Waals surface area contributed by atoms with Gasteiger partial charge in [-0.25, -0.2) is 0 Å². The number of rotatable bonds is 1. The maximum absolute atomic E-state index is 12.7. The molecule has 6 nitrogen and oxygen atoms in total. The van der Waals surface area contributed by atoms with Gasteiger partial charge in [-0.15, -0.1) is 0 Å². The molecule has 0 saturated carbocycles. The van der Waals surface area contributed by atoms with E-state index < -0.39 is 0 Å². The van der Waals surface area contributed by atoms with Crippen LogP contribution >= 0.6 is 0 Å². The largest absolute Gasteiger partial charge is 0.454 e. The molecule has 0 aromatic heterocycles. The summed E-state index contributed by atoms with van der Waals surface area (Å²) < 4.78 is 10.8. The van der Waals surface area contributed by atoms with E-state index in [0.717, 1.165) is 23.5 Å². The second-order valence-corrected chi connectivity index (χ2v) is 6.15. The van der Waals surface area contributed by atoms with Gasteiger partial charge in [-0.05, 0) is 43.0 Å². The van der Waals surface area contributed by atoms with Gasteiger partial charge in [0.2, 0.25) is 18.6 Å². The third-order valence-corrected chi connectivity index (χ3v) is 4.66. The number of carbonyl (C=O) groups excluding carboxylic acids is 2. The van der Waals surface area contributed by atoms with E-state index in [1.54, 1.807) is 0 Å². The Morgan fingerprint density at radius 3 is 2.68 bits per heavy atom. The number of carbonyl (C=O) groups is 2. The van der Waals surface area contributed by atoms with Crippen molar-refractivity contribution >= 4 is 11.8 Å². The lowest BCUT2D eigenvalue weighted by molar-refractivity contribution is -0.137. The molecule has 3 aliphatic heterocycles. The Bertz CT molecular complexity index is 658. The maximum Gasteiger partial charge on any atom is 0.245 e. The first kappa shape index (κ1) is 13.4. The van der Waals surface area contributed by atoms with Crippen LogP contribution in [0.15, 0.2) is 12.1 Å². The van der Waals surface area contributed by atoms with Crippen molar-refractivity contribution < 1.29 is 19.1 Å². The lowest BCUT2D eigenvalue weighted by Crippen LogP contribution is -2.50. The SMILES string of the molecule is CC1Cc2cc3c(cc2CN1C(=O)C1CCC(=O)N1)OCO3. The van der Waals surface area contributed by atoms with Crippen molar-refractivity contribution in [3.63, 3.8) is 0 Å². The summed E-state index contributed by atoms with van der Waals surface area (Å²) in [5.74, 6) is 1.51. The Morgan fingerprint density at radius 1 is 1.27 bits per heavy atom. The first-order valence-electron chi connectivity index (χ1n) is 7.63. The Balaban J connectivity index is 1.59. The highest BCUT2D eigenvalue weighted by molar-refractivity contribution is 5.91. The normalized spacial score (nSPS) is 25.9. The third kappa shape index (κ3) is 2.10. The van der Waals surface area contributed by atoms with Crippen molar-refractivity contribution in [1.29, 1.82) is 0 Å². The van der Waals surface area contributed by atoms with Gasteiger partial charge in [-0.2, -0.15) is 0 Å². The Labute approximate surface area is 128 Å². The van der Waals surface area contributed by atoms with Gasteiger partial charge in [0, 0.05) is 19.0 Å². The molecule has 1 aromatic carbocycles.